The van der Waals surface area contributed by atoms with Crippen LogP contribution >= 0.6 is 11.3 Å². The van der Waals surface area contributed by atoms with E-state index in [1.165, 1.54) is 11.3 Å². The summed E-state index contributed by atoms with van der Waals surface area (Å²) in [5, 5.41) is 0. The molecule has 0 unspecified atom stereocenters. The van der Waals surface area contributed by atoms with Crippen LogP contribution in [0.2, 0.25) is 0 Å². The lowest BCUT2D eigenvalue weighted by atomic mass is 10.3. The van der Waals surface area contributed by atoms with Crippen LogP contribution in [0.25, 0.3) is 10.2 Å². The summed E-state index contributed by atoms with van der Waals surface area (Å²) in [5.74, 6) is 0. The summed E-state index contributed by atoms with van der Waals surface area (Å²) in [7, 11) is -3.74. The molecule has 0 saturated carbocycles. The summed E-state index contributed by atoms with van der Waals surface area (Å²) in [4.78, 5) is 0.651. The molecule has 0 fully saturated rings. The van der Waals surface area contributed by atoms with Crippen molar-refractivity contribution < 1.29 is 13.2 Å². The lowest BCUT2D eigenvalue weighted by molar-refractivity contribution is 0.139. The highest BCUT2D eigenvalue weighted by atomic mass is 32.2. The fourth-order valence-electron chi connectivity index (χ4n) is 2.36. The standard InChI is InChI=1S/C17H18N2O3S2/c1-2-22-13-12-19-15-10-6-7-11-16(15)23-17(19)18-24(20,21)14-8-4-3-5-9-14/h3-11H,2,12-13H2,1H3/b18-17-. The minimum Gasteiger partial charge on any atom is -0.380 e. The molecule has 0 aliphatic rings. The van der Waals surface area contributed by atoms with Crippen molar-refractivity contribution in [2.24, 2.45) is 4.40 Å². The summed E-state index contributed by atoms with van der Waals surface area (Å²) in [5.41, 5.74) is 0.962. The van der Waals surface area contributed by atoms with Crippen LogP contribution in [0.3, 0.4) is 0 Å². The zero-order valence-electron chi connectivity index (χ0n) is 13.3. The van der Waals surface area contributed by atoms with Gasteiger partial charge in [0.1, 0.15) is 0 Å². The van der Waals surface area contributed by atoms with Crippen molar-refractivity contribution in [1.29, 1.82) is 0 Å². The van der Waals surface area contributed by atoms with E-state index < -0.39 is 10.0 Å². The van der Waals surface area contributed by atoms with Gasteiger partial charge in [-0.15, -0.1) is 4.40 Å². The Hall–Kier alpha value is -1.96. The number of benzene rings is 2. The maximum absolute atomic E-state index is 12.6. The normalized spacial score (nSPS) is 12.8. The first kappa shape index (κ1) is 16.9. The second-order valence-corrected chi connectivity index (χ2v) is 7.69. The highest BCUT2D eigenvalue weighted by molar-refractivity contribution is 7.90. The van der Waals surface area contributed by atoms with E-state index >= 15 is 0 Å². The van der Waals surface area contributed by atoms with Gasteiger partial charge in [0.05, 0.1) is 21.7 Å². The fourth-order valence-corrected chi connectivity index (χ4v) is 4.64. The molecule has 0 spiro atoms. The predicted octanol–water partition coefficient (Wildman–Crippen LogP) is 3.03. The van der Waals surface area contributed by atoms with E-state index in [1.807, 2.05) is 35.8 Å². The molecule has 0 saturated heterocycles. The van der Waals surface area contributed by atoms with Gasteiger partial charge in [0.25, 0.3) is 10.0 Å². The summed E-state index contributed by atoms with van der Waals surface area (Å²) in [6.45, 7) is 3.62. The fraction of sp³-hybridized carbons (Fsp3) is 0.235. The van der Waals surface area contributed by atoms with Crippen LogP contribution in [0.4, 0.5) is 0 Å². The van der Waals surface area contributed by atoms with E-state index in [4.69, 9.17) is 4.74 Å². The summed E-state index contributed by atoms with van der Waals surface area (Å²) >= 11 is 1.37. The molecule has 0 radical (unpaired) electrons. The van der Waals surface area contributed by atoms with Gasteiger partial charge in [-0.25, -0.2) is 0 Å². The number of fused-ring (bicyclic) bond motifs is 1. The first-order chi connectivity index (χ1) is 11.6. The Bertz CT molecular complexity index is 989. The molecule has 0 amide bonds. The Balaban J connectivity index is 2.12. The summed E-state index contributed by atoms with van der Waals surface area (Å²) in [6.07, 6.45) is 0. The Kier molecular flexibility index (Phi) is 5.13. The van der Waals surface area contributed by atoms with Crippen molar-refractivity contribution in [2.45, 2.75) is 18.4 Å². The molecule has 3 rings (SSSR count). The van der Waals surface area contributed by atoms with Crippen LogP contribution in [0, 0.1) is 0 Å². The van der Waals surface area contributed by atoms with E-state index in [2.05, 4.69) is 4.40 Å². The quantitative estimate of drug-likeness (QED) is 0.633. The number of para-hydroxylation sites is 1. The highest BCUT2D eigenvalue weighted by Crippen LogP contribution is 2.18. The molecule has 2 aromatic carbocycles. The highest BCUT2D eigenvalue weighted by Gasteiger charge is 2.14. The molecular weight excluding hydrogens is 344 g/mol. The first-order valence-corrected chi connectivity index (χ1v) is 9.89. The zero-order valence-corrected chi connectivity index (χ0v) is 14.9. The third kappa shape index (κ3) is 3.58. The largest absolute Gasteiger partial charge is 0.380 e. The van der Waals surface area contributed by atoms with Crippen molar-refractivity contribution in [3.8, 4) is 0 Å². The molecule has 0 aliphatic heterocycles. The molecule has 3 aromatic rings. The van der Waals surface area contributed by atoms with Crippen LogP contribution < -0.4 is 4.80 Å². The number of nitrogens with zero attached hydrogens (tertiary/aromatic N) is 2. The van der Waals surface area contributed by atoms with Gasteiger partial charge in [-0.2, -0.15) is 8.42 Å². The first-order valence-electron chi connectivity index (χ1n) is 7.64. The second-order valence-electron chi connectivity index (χ2n) is 5.08. The average molecular weight is 362 g/mol. The van der Waals surface area contributed by atoms with Crippen molar-refractivity contribution in [2.75, 3.05) is 13.2 Å². The van der Waals surface area contributed by atoms with Crippen molar-refractivity contribution in [3.63, 3.8) is 0 Å². The van der Waals surface area contributed by atoms with Crippen molar-refractivity contribution in [1.82, 2.24) is 4.57 Å². The van der Waals surface area contributed by atoms with Gasteiger partial charge in [0, 0.05) is 13.2 Å². The molecular formula is C17H18N2O3S2. The third-order valence-corrected chi connectivity index (χ3v) is 5.95. The lowest BCUT2D eigenvalue weighted by Gasteiger charge is -2.05. The average Bonchev–Trinajstić information content (AvgIpc) is 2.93. The van der Waals surface area contributed by atoms with Gasteiger partial charge in [0.2, 0.25) is 4.80 Å². The van der Waals surface area contributed by atoms with Crippen LogP contribution in [0.1, 0.15) is 6.92 Å². The van der Waals surface area contributed by atoms with Gasteiger partial charge in [-0.3, -0.25) is 0 Å². The van der Waals surface area contributed by atoms with Gasteiger partial charge >= 0.3 is 0 Å². The van der Waals surface area contributed by atoms with E-state index in [9.17, 15) is 8.42 Å². The summed E-state index contributed by atoms with van der Waals surface area (Å²) in [6, 6.07) is 16.1. The monoisotopic (exact) mass is 362 g/mol. The number of hydrogen-bond acceptors (Lipinski definition) is 4. The maximum Gasteiger partial charge on any atom is 0.285 e. The number of hydrogen-bond donors (Lipinski definition) is 0. The number of sulfonamides is 1. The van der Waals surface area contributed by atoms with Gasteiger partial charge in [-0.05, 0) is 31.2 Å². The molecule has 0 N–H and O–H groups in total. The van der Waals surface area contributed by atoms with E-state index in [1.54, 1.807) is 30.3 Å². The van der Waals surface area contributed by atoms with E-state index in [-0.39, 0.29) is 4.90 Å². The molecule has 5 nitrogen and oxygen atoms in total. The summed E-state index contributed by atoms with van der Waals surface area (Å²) < 4.78 is 37.5. The molecule has 0 atom stereocenters. The lowest BCUT2D eigenvalue weighted by Crippen LogP contribution is -2.19. The number of rotatable bonds is 6. The Labute approximate surface area is 144 Å². The topological polar surface area (TPSA) is 60.7 Å². The molecule has 1 aromatic heterocycles. The van der Waals surface area contributed by atoms with Crippen molar-refractivity contribution in [3.05, 3.63) is 59.4 Å². The van der Waals surface area contributed by atoms with E-state index in [0.717, 1.165) is 10.2 Å². The van der Waals surface area contributed by atoms with Gasteiger partial charge in [0.15, 0.2) is 0 Å². The Morgan fingerprint density at radius 2 is 1.79 bits per heavy atom. The number of ether oxygens (including phenoxy) is 1. The SMILES string of the molecule is CCOCCn1/c(=N/S(=O)(=O)c2ccccc2)sc2ccccc21. The van der Waals surface area contributed by atoms with Gasteiger partial charge < -0.3 is 9.30 Å². The van der Waals surface area contributed by atoms with Gasteiger partial charge in [-0.1, -0.05) is 41.7 Å². The van der Waals surface area contributed by atoms with Crippen LogP contribution in [0.15, 0.2) is 63.9 Å². The van der Waals surface area contributed by atoms with Crippen LogP contribution in [0.5, 0.6) is 0 Å². The minimum atomic E-state index is -3.74. The predicted molar refractivity (Wildman–Crippen MR) is 95.5 cm³/mol. The van der Waals surface area contributed by atoms with Crippen LogP contribution in [-0.4, -0.2) is 26.2 Å². The van der Waals surface area contributed by atoms with Crippen molar-refractivity contribution >= 4 is 31.6 Å². The number of thiazole rings is 1. The minimum absolute atomic E-state index is 0.193. The van der Waals surface area contributed by atoms with Crippen LogP contribution in [-0.2, 0) is 21.3 Å². The Morgan fingerprint density at radius 1 is 1.08 bits per heavy atom. The molecule has 0 aliphatic carbocycles. The molecule has 126 valence electrons. The third-order valence-electron chi connectivity index (χ3n) is 3.49. The van der Waals surface area contributed by atoms with E-state index in [0.29, 0.717) is 24.6 Å². The number of aromatic nitrogens is 1. The molecule has 24 heavy (non-hydrogen) atoms. The Morgan fingerprint density at radius 3 is 2.54 bits per heavy atom. The molecule has 1 heterocycles. The second kappa shape index (κ2) is 7.29. The maximum atomic E-state index is 12.6. The smallest absolute Gasteiger partial charge is 0.285 e. The molecule has 7 heteroatoms. The molecule has 0 bridgehead atoms. The zero-order chi connectivity index (χ0) is 17.0.